The number of aliphatic hydroxyl groups excluding tert-OH is 1. The molecule has 624 valence electrons. The van der Waals surface area contributed by atoms with Crippen LogP contribution < -0.4 is 0 Å². The molecule has 19 heteroatoms. The van der Waals surface area contributed by atoms with Crippen molar-refractivity contribution >= 4 is 39.5 Å². The zero-order valence-corrected chi connectivity index (χ0v) is 71.2. The van der Waals surface area contributed by atoms with Gasteiger partial charge in [-0.15, -0.1) is 0 Å². The van der Waals surface area contributed by atoms with Gasteiger partial charge in [-0.1, -0.05) is 396 Å². The summed E-state index contributed by atoms with van der Waals surface area (Å²) in [7, 11) is -9.93. The van der Waals surface area contributed by atoms with Crippen molar-refractivity contribution in [3.05, 3.63) is 0 Å². The topological polar surface area (TPSA) is 237 Å². The second-order valence-corrected chi connectivity index (χ2v) is 35.3. The van der Waals surface area contributed by atoms with Gasteiger partial charge in [0.1, 0.15) is 19.3 Å². The molecule has 0 rings (SSSR count). The number of phosphoric ester groups is 2. The third-order valence-electron chi connectivity index (χ3n) is 20.8. The number of rotatable bonds is 83. The molecule has 0 aromatic heterocycles. The van der Waals surface area contributed by atoms with E-state index in [4.69, 9.17) is 37.0 Å². The molecule has 0 aromatic carbocycles. The van der Waals surface area contributed by atoms with E-state index in [0.29, 0.717) is 25.7 Å². The first-order chi connectivity index (χ1) is 50.7. The van der Waals surface area contributed by atoms with E-state index in [1.54, 1.807) is 0 Å². The molecule has 105 heavy (non-hydrogen) atoms. The fourth-order valence-corrected chi connectivity index (χ4v) is 14.8. The van der Waals surface area contributed by atoms with E-state index >= 15 is 0 Å². The predicted molar refractivity (Wildman–Crippen MR) is 432 cm³/mol. The molecule has 0 aliphatic heterocycles. The number of esters is 4. The maximum atomic E-state index is 13.1. The third-order valence-corrected chi connectivity index (χ3v) is 22.7. The average molecular weight is 1540 g/mol. The molecule has 0 saturated carbocycles. The molecule has 3 N–H and O–H groups in total. The van der Waals surface area contributed by atoms with Crippen molar-refractivity contribution in [2.45, 2.75) is 465 Å². The van der Waals surface area contributed by atoms with Crippen molar-refractivity contribution in [1.82, 2.24) is 0 Å². The predicted octanol–water partition coefficient (Wildman–Crippen LogP) is 25.9. The van der Waals surface area contributed by atoms with Gasteiger partial charge in [-0.2, -0.15) is 0 Å². The van der Waals surface area contributed by atoms with Gasteiger partial charge in [0.15, 0.2) is 12.2 Å². The largest absolute Gasteiger partial charge is 0.472 e. The summed E-state index contributed by atoms with van der Waals surface area (Å²) in [5.41, 5.74) is 0. The number of unbranched alkanes of at least 4 members (excludes halogenated alkanes) is 47. The second-order valence-electron chi connectivity index (χ2n) is 32.4. The van der Waals surface area contributed by atoms with Gasteiger partial charge in [0.25, 0.3) is 0 Å². The van der Waals surface area contributed by atoms with Crippen molar-refractivity contribution in [1.29, 1.82) is 0 Å². The van der Waals surface area contributed by atoms with Gasteiger partial charge in [-0.3, -0.25) is 37.3 Å². The zero-order valence-electron chi connectivity index (χ0n) is 69.4. The van der Waals surface area contributed by atoms with Crippen LogP contribution in [-0.2, 0) is 65.4 Å². The molecule has 0 aliphatic rings. The van der Waals surface area contributed by atoms with Crippen LogP contribution in [0.15, 0.2) is 0 Å². The first-order valence-electron chi connectivity index (χ1n) is 44.3. The summed E-state index contributed by atoms with van der Waals surface area (Å²) in [5, 5.41) is 10.7. The monoisotopic (exact) mass is 1540 g/mol. The van der Waals surface area contributed by atoms with Gasteiger partial charge in [0, 0.05) is 25.7 Å². The van der Waals surface area contributed by atoms with Gasteiger partial charge >= 0.3 is 39.5 Å². The van der Waals surface area contributed by atoms with E-state index in [9.17, 15) is 43.2 Å². The second kappa shape index (κ2) is 74.8. The lowest BCUT2D eigenvalue weighted by atomic mass is 9.99. The van der Waals surface area contributed by atoms with E-state index in [1.165, 1.54) is 244 Å². The van der Waals surface area contributed by atoms with Crippen LogP contribution in [0.1, 0.15) is 447 Å². The Bertz CT molecular complexity index is 2050. The van der Waals surface area contributed by atoms with Crippen molar-refractivity contribution in [3.8, 4) is 0 Å². The van der Waals surface area contributed by atoms with Crippen LogP contribution in [0.2, 0.25) is 0 Å². The molecule has 0 spiro atoms. The highest BCUT2D eigenvalue weighted by Crippen LogP contribution is 2.45. The van der Waals surface area contributed by atoms with E-state index in [-0.39, 0.29) is 25.7 Å². The molecule has 7 atom stereocenters. The fraction of sp³-hybridized carbons (Fsp3) is 0.953. The molecule has 0 heterocycles. The van der Waals surface area contributed by atoms with Crippen LogP contribution in [-0.4, -0.2) is 96.7 Å². The summed E-state index contributed by atoms with van der Waals surface area (Å²) in [4.78, 5) is 73.2. The average Bonchev–Trinajstić information content (AvgIpc) is 0.926. The Balaban J connectivity index is 5.21. The number of hydrogen-bond donors (Lipinski definition) is 3. The van der Waals surface area contributed by atoms with Gasteiger partial charge in [0.05, 0.1) is 26.4 Å². The minimum absolute atomic E-state index is 0.107. The first-order valence-corrected chi connectivity index (χ1v) is 47.3. The highest BCUT2D eigenvalue weighted by atomic mass is 31.2. The molecule has 0 saturated heterocycles. The number of aliphatic hydroxyl groups is 1. The molecule has 4 unspecified atom stereocenters. The molecule has 0 bridgehead atoms. The van der Waals surface area contributed by atoms with Gasteiger partial charge < -0.3 is 33.8 Å². The summed E-state index contributed by atoms with van der Waals surface area (Å²) < 4.78 is 68.9. The maximum absolute atomic E-state index is 13.1. The Morgan fingerprint density at radius 3 is 0.676 bits per heavy atom. The Hall–Kier alpha value is -1.94. The normalized spacial score (nSPS) is 14.4. The van der Waals surface area contributed by atoms with E-state index in [0.717, 1.165) is 120 Å². The minimum atomic E-state index is -4.97. The molecule has 0 radical (unpaired) electrons. The van der Waals surface area contributed by atoms with Crippen LogP contribution in [0.25, 0.3) is 0 Å². The Morgan fingerprint density at radius 2 is 0.457 bits per heavy atom. The van der Waals surface area contributed by atoms with Gasteiger partial charge in [0.2, 0.25) is 0 Å². The molecular weight excluding hydrogens is 1370 g/mol. The maximum Gasteiger partial charge on any atom is 0.472 e. The van der Waals surface area contributed by atoms with Crippen molar-refractivity contribution in [2.75, 3.05) is 39.6 Å². The molecule has 0 fully saturated rings. The van der Waals surface area contributed by atoms with Gasteiger partial charge in [-0.05, 0) is 49.4 Å². The summed E-state index contributed by atoms with van der Waals surface area (Å²) >= 11 is 0. The van der Waals surface area contributed by atoms with Crippen LogP contribution in [0.3, 0.4) is 0 Å². The van der Waals surface area contributed by atoms with Crippen molar-refractivity contribution in [2.24, 2.45) is 23.7 Å². The highest BCUT2D eigenvalue weighted by molar-refractivity contribution is 7.47. The lowest BCUT2D eigenvalue weighted by molar-refractivity contribution is -0.161. The SMILES string of the molecule is CCC(C)CCCCCCCCCCCCCCCCCCCCC(=O)O[C@H](COC(=O)CCCCCCCCC(C)CC)COP(=O)(O)OC[C@H](O)COP(=O)(O)OC[C@@H](COC(=O)CCCCCCCCCCCCCCCCC(C)C)OC(=O)CCCCCCCCCCCCCCCC(C)C. The molecule has 0 aliphatic carbocycles. The minimum Gasteiger partial charge on any atom is -0.462 e. The summed E-state index contributed by atoms with van der Waals surface area (Å²) in [6, 6.07) is 0. The molecule has 0 amide bonds. The van der Waals surface area contributed by atoms with E-state index in [1.807, 2.05) is 0 Å². The van der Waals surface area contributed by atoms with E-state index < -0.39 is 97.5 Å². The van der Waals surface area contributed by atoms with Crippen molar-refractivity contribution < 1.29 is 80.2 Å². The third kappa shape index (κ3) is 77.2. The summed E-state index contributed by atoms with van der Waals surface area (Å²) in [6.07, 6.45) is 63.9. The Morgan fingerprint density at radius 1 is 0.267 bits per heavy atom. The lowest BCUT2D eigenvalue weighted by Gasteiger charge is -2.21. The molecular formula is C86H168O17P2. The smallest absolute Gasteiger partial charge is 0.462 e. The standard InChI is InChI=1S/C86H168O17P2/c1-9-78(7)64-56-48-40-34-28-22-15-13-11-12-14-16-24-30-36-42-52-60-68-86(91)103-82(73-97-84(89)67-59-51-45-44-49-57-65-79(8)10-2)75-101-105(94,95)99-71-80(87)70-98-104(92,93)100-74-81(102-85(90)69-61-53-43-37-31-25-19-21-27-33-39-47-55-63-77(5)6)72-96-83(88)66-58-50-41-35-29-23-18-17-20-26-32-38-46-54-62-76(3)4/h76-82,87H,9-75H2,1-8H3,(H,92,93)(H,94,95)/t78?,79?,80-,81-,82-/m1/s1. The molecule has 0 aromatic rings. The van der Waals surface area contributed by atoms with Gasteiger partial charge in [-0.25, -0.2) is 9.13 Å². The summed E-state index contributed by atoms with van der Waals surface area (Å²) in [5.74, 6) is 1.08. The summed E-state index contributed by atoms with van der Waals surface area (Å²) in [6.45, 7) is 14.3. The number of carbonyl (C=O) groups is 4. The Labute approximate surface area is 645 Å². The lowest BCUT2D eigenvalue weighted by Crippen LogP contribution is -2.30. The van der Waals surface area contributed by atoms with Crippen LogP contribution in [0.4, 0.5) is 0 Å². The first kappa shape index (κ1) is 103. The van der Waals surface area contributed by atoms with Crippen LogP contribution >= 0.6 is 15.6 Å². The van der Waals surface area contributed by atoms with E-state index in [2.05, 4.69) is 55.4 Å². The zero-order chi connectivity index (χ0) is 77.4. The number of hydrogen-bond acceptors (Lipinski definition) is 15. The quantitative estimate of drug-likeness (QED) is 0.0222. The van der Waals surface area contributed by atoms with Crippen molar-refractivity contribution in [3.63, 3.8) is 0 Å². The highest BCUT2D eigenvalue weighted by Gasteiger charge is 2.31. The molecule has 17 nitrogen and oxygen atoms in total. The van der Waals surface area contributed by atoms with Crippen LogP contribution in [0, 0.1) is 23.7 Å². The fourth-order valence-electron chi connectivity index (χ4n) is 13.3. The van der Waals surface area contributed by atoms with Crippen LogP contribution in [0.5, 0.6) is 0 Å². The number of carbonyl (C=O) groups excluding carboxylic acids is 4. The number of ether oxygens (including phenoxy) is 4. The Kier molecular flexibility index (Phi) is 73.4. The number of phosphoric acid groups is 2.